The summed E-state index contributed by atoms with van der Waals surface area (Å²) in [5, 5.41) is 13.7. The number of benzene rings is 2. The first-order chi connectivity index (χ1) is 16.1. The second-order valence-electron chi connectivity index (χ2n) is 7.51. The molecule has 3 rings (SSSR count). The summed E-state index contributed by atoms with van der Waals surface area (Å²) in [6, 6.07) is 6.80. The molecule has 0 heterocycles. The number of hydrogen-bond donors (Lipinski definition) is 2. The number of carbonyl (C=O) groups is 2. The maximum atomic E-state index is 12.9. The predicted molar refractivity (Wildman–Crippen MR) is 123 cm³/mol. The normalized spacial score (nSPS) is 13.8. The average Bonchev–Trinajstić information content (AvgIpc) is 3.30. The molecule has 182 valence electrons. The van der Waals surface area contributed by atoms with Crippen molar-refractivity contribution in [1.82, 2.24) is 5.32 Å². The fraction of sp³-hybridized carbons (Fsp3) is 0.333. The van der Waals surface area contributed by atoms with Gasteiger partial charge in [0.15, 0.2) is 6.61 Å². The number of hydrogen-bond acceptors (Lipinski definition) is 8. The molecule has 34 heavy (non-hydrogen) atoms. The summed E-state index contributed by atoms with van der Waals surface area (Å²) in [4.78, 5) is 34.5. The van der Waals surface area contributed by atoms with E-state index in [0.717, 1.165) is 49.9 Å². The minimum atomic E-state index is -4.31. The highest BCUT2D eigenvalue weighted by molar-refractivity contribution is 7.92. The molecule has 1 saturated carbocycles. The molecule has 2 N–H and O–H groups in total. The zero-order valence-corrected chi connectivity index (χ0v) is 19.6. The van der Waals surface area contributed by atoms with Gasteiger partial charge in [-0.25, -0.2) is 13.2 Å². The van der Waals surface area contributed by atoms with Gasteiger partial charge in [-0.05, 0) is 37.1 Å². The Morgan fingerprint density at radius 2 is 1.88 bits per heavy atom. The number of non-ortho nitro benzene ring substituents is 1. The Morgan fingerprint density at radius 1 is 1.18 bits per heavy atom. The third-order valence-corrected chi connectivity index (χ3v) is 6.85. The van der Waals surface area contributed by atoms with Crippen LogP contribution in [0, 0.1) is 10.1 Å². The molecule has 0 saturated heterocycles. The van der Waals surface area contributed by atoms with E-state index in [-0.39, 0.29) is 38.6 Å². The topological polar surface area (TPSA) is 154 Å². The zero-order chi connectivity index (χ0) is 24.9. The van der Waals surface area contributed by atoms with Gasteiger partial charge < -0.3 is 14.8 Å². The smallest absolute Gasteiger partial charge is 0.340 e. The van der Waals surface area contributed by atoms with E-state index in [0.29, 0.717) is 0 Å². The van der Waals surface area contributed by atoms with Crippen LogP contribution in [0.15, 0.2) is 41.3 Å². The maximum absolute atomic E-state index is 12.9. The number of esters is 1. The van der Waals surface area contributed by atoms with Crippen molar-refractivity contribution in [3.8, 4) is 5.75 Å². The summed E-state index contributed by atoms with van der Waals surface area (Å²) < 4.78 is 38.1. The Hall–Kier alpha value is -3.38. The monoisotopic (exact) mass is 511 g/mol. The average molecular weight is 512 g/mol. The van der Waals surface area contributed by atoms with Crippen LogP contribution in [0.2, 0.25) is 5.02 Å². The van der Waals surface area contributed by atoms with Gasteiger partial charge in [0.1, 0.15) is 5.75 Å². The Morgan fingerprint density at radius 3 is 2.53 bits per heavy atom. The molecule has 0 unspecified atom stereocenters. The molecule has 1 aliphatic carbocycles. The number of carbonyl (C=O) groups excluding carboxylic acids is 2. The quantitative estimate of drug-likeness (QED) is 0.295. The Balaban J connectivity index is 1.76. The lowest BCUT2D eigenvalue weighted by Gasteiger charge is -2.14. The summed E-state index contributed by atoms with van der Waals surface area (Å²) in [5.74, 6) is -1.38. The molecule has 0 radical (unpaired) electrons. The number of ether oxygens (including phenoxy) is 2. The highest BCUT2D eigenvalue weighted by atomic mass is 35.5. The number of nitro benzene ring substituents is 1. The van der Waals surface area contributed by atoms with Crippen molar-refractivity contribution >= 4 is 44.9 Å². The van der Waals surface area contributed by atoms with Gasteiger partial charge in [0.25, 0.3) is 21.6 Å². The van der Waals surface area contributed by atoms with Crippen LogP contribution in [-0.2, 0) is 19.6 Å². The number of methoxy groups -OCH3 is 1. The lowest BCUT2D eigenvalue weighted by Crippen LogP contribution is -2.35. The fourth-order valence-corrected chi connectivity index (χ4v) is 4.75. The van der Waals surface area contributed by atoms with Gasteiger partial charge in [-0.2, -0.15) is 0 Å². The van der Waals surface area contributed by atoms with Crippen LogP contribution in [0.25, 0.3) is 0 Å². The van der Waals surface area contributed by atoms with E-state index < -0.39 is 33.4 Å². The van der Waals surface area contributed by atoms with E-state index in [2.05, 4.69) is 10.0 Å². The van der Waals surface area contributed by atoms with Crippen molar-refractivity contribution in [1.29, 1.82) is 0 Å². The number of amides is 1. The SMILES string of the molecule is COc1ccc([N+](=O)[O-])cc1NS(=O)(=O)c1ccc(Cl)c(C(=O)OCC(=O)NC2CCCC2)c1. The van der Waals surface area contributed by atoms with E-state index in [1.807, 2.05) is 0 Å². The minimum absolute atomic E-state index is 0.0519. The van der Waals surface area contributed by atoms with Crippen LogP contribution in [0.1, 0.15) is 36.0 Å². The summed E-state index contributed by atoms with van der Waals surface area (Å²) in [6.07, 6.45) is 3.79. The van der Waals surface area contributed by atoms with Crippen LogP contribution in [0.4, 0.5) is 11.4 Å². The number of anilines is 1. The number of nitrogens with zero attached hydrogens (tertiary/aromatic N) is 1. The molecule has 0 spiro atoms. The molecule has 0 aliphatic heterocycles. The minimum Gasteiger partial charge on any atom is -0.495 e. The molecule has 1 aliphatic rings. The van der Waals surface area contributed by atoms with Crippen molar-refractivity contribution in [2.24, 2.45) is 0 Å². The number of sulfonamides is 1. The number of halogens is 1. The lowest BCUT2D eigenvalue weighted by molar-refractivity contribution is -0.384. The van der Waals surface area contributed by atoms with E-state index in [1.165, 1.54) is 19.2 Å². The second-order valence-corrected chi connectivity index (χ2v) is 9.60. The first-order valence-electron chi connectivity index (χ1n) is 10.2. The summed E-state index contributed by atoms with van der Waals surface area (Å²) in [5.41, 5.74) is -0.779. The molecule has 2 aromatic carbocycles. The maximum Gasteiger partial charge on any atom is 0.340 e. The molecule has 13 heteroatoms. The van der Waals surface area contributed by atoms with Crippen LogP contribution in [0.5, 0.6) is 5.75 Å². The summed E-state index contributed by atoms with van der Waals surface area (Å²) in [6.45, 7) is -0.536. The van der Waals surface area contributed by atoms with Crippen molar-refractivity contribution in [2.45, 2.75) is 36.6 Å². The van der Waals surface area contributed by atoms with Crippen LogP contribution in [0.3, 0.4) is 0 Å². The fourth-order valence-electron chi connectivity index (χ4n) is 3.47. The van der Waals surface area contributed by atoms with Gasteiger partial charge in [-0.15, -0.1) is 0 Å². The van der Waals surface area contributed by atoms with E-state index >= 15 is 0 Å². The van der Waals surface area contributed by atoms with Gasteiger partial charge in [-0.1, -0.05) is 24.4 Å². The standard InChI is InChI=1S/C21H22ClN3O8S/c1-32-19-9-6-14(25(28)29)10-18(19)24-34(30,31)15-7-8-17(22)16(11-15)21(27)33-12-20(26)23-13-4-2-3-5-13/h6-11,13,24H,2-5,12H2,1H3,(H,23,26). The molecule has 0 bridgehead atoms. The van der Waals surface area contributed by atoms with Crippen LogP contribution >= 0.6 is 11.6 Å². The molecule has 11 nitrogen and oxygen atoms in total. The van der Waals surface area contributed by atoms with E-state index in [1.54, 1.807) is 0 Å². The number of nitrogens with one attached hydrogen (secondary N) is 2. The summed E-state index contributed by atoms with van der Waals surface area (Å²) in [7, 11) is -3.03. The molecule has 1 fully saturated rings. The van der Waals surface area contributed by atoms with Crippen molar-refractivity contribution in [3.63, 3.8) is 0 Å². The van der Waals surface area contributed by atoms with Gasteiger partial charge in [0, 0.05) is 18.2 Å². The first-order valence-corrected chi connectivity index (χ1v) is 12.1. The highest BCUT2D eigenvalue weighted by Gasteiger charge is 2.23. The van der Waals surface area contributed by atoms with Gasteiger partial charge in [-0.3, -0.25) is 19.6 Å². The molecule has 2 aromatic rings. The van der Waals surface area contributed by atoms with Gasteiger partial charge >= 0.3 is 5.97 Å². The van der Waals surface area contributed by atoms with Crippen LogP contribution in [-0.4, -0.2) is 45.0 Å². The second kappa shape index (κ2) is 10.7. The molecular formula is C21H22ClN3O8S. The molecule has 0 aromatic heterocycles. The highest BCUT2D eigenvalue weighted by Crippen LogP contribution is 2.31. The Labute approximate surface area is 200 Å². The number of rotatable bonds is 9. The third kappa shape index (κ3) is 6.14. The van der Waals surface area contributed by atoms with E-state index in [4.69, 9.17) is 21.1 Å². The Bertz CT molecular complexity index is 1210. The van der Waals surface area contributed by atoms with Gasteiger partial charge in [0.2, 0.25) is 0 Å². The molecule has 0 atom stereocenters. The van der Waals surface area contributed by atoms with Crippen molar-refractivity contribution in [3.05, 3.63) is 57.1 Å². The Kier molecular flexibility index (Phi) is 7.94. The van der Waals surface area contributed by atoms with Crippen LogP contribution < -0.4 is 14.8 Å². The summed E-state index contributed by atoms with van der Waals surface area (Å²) >= 11 is 6.05. The predicted octanol–water partition coefficient (Wildman–Crippen LogP) is 3.27. The van der Waals surface area contributed by atoms with Crippen molar-refractivity contribution in [2.75, 3.05) is 18.4 Å². The largest absolute Gasteiger partial charge is 0.495 e. The zero-order valence-electron chi connectivity index (χ0n) is 18.1. The lowest BCUT2D eigenvalue weighted by atomic mass is 10.2. The van der Waals surface area contributed by atoms with E-state index in [9.17, 15) is 28.1 Å². The molecular weight excluding hydrogens is 490 g/mol. The van der Waals surface area contributed by atoms with Crippen molar-refractivity contribution < 1.29 is 32.4 Å². The van der Waals surface area contributed by atoms with Gasteiger partial charge in [0.05, 0.1) is 33.2 Å². The first kappa shape index (κ1) is 25.2. The number of nitro groups is 1. The third-order valence-electron chi connectivity index (χ3n) is 5.16. The molecule has 1 amide bonds.